The number of benzene rings is 2. The molecule has 0 aliphatic heterocycles. The molecule has 2 aromatic carbocycles. The third kappa shape index (κ3) is 9.34. The zero-order valence-electron chi connectivity index (χ0n) is 22.7. The maximum Gasteiger partial charge on any atom is 0.416 e. The molecule has 37 heavy (non-hydrogen) atoms. The van der Waals surface area contributed by atoms with Crippen LogP contribution in [0.25, 0.3) is 11.4 Å². The van der Waals surface area contributed by atoms with Gasteiger partial charge in [0.1, 0.15) is 0 Å². The first-order valence-electron chi connectivity index (χ1n) is 12.7. The quantitative estimate of drug-likeness (QED) is 0.234. The van der Waals surface area contributed by atoms with Gasteiger partial charge in [-0.05, 0) is 54.4 Å². The monoisotopic (exact) mass is 516 g/mol. The van der Waals surface area contributed by atoms with Crippen LogP contribution in [0.4, 0.5) is 13.2 Å². The summed E-state index contributed by atoms with van der Waals surface area (Å²) in [4.78, 5) is 4.36. The average Bonchev–Trinajstić information content (AvgIpc) is 3.30. The van der Waals surface area contributed by atoms with Gasteiger partial charge in [-0.25, -0.2) is 0 Å². The van der Waals surface area contributed by atoms with Gasteiger partial charge < -0.3 is 10.3 Å². The van der Waals surface area contributed by atoms with Crippen LogP contribution in [0.1, 0.15) is 94.9 Å². The third-order valence-electron chi connectivity index (χ3n) is 6.03. The molecule has 1 heterocycles. The number of amidine groups is 1. The molecule has 8 heteroatoms. The molecule has 3 rings (SSSR count). The zero-order valence-corrected chi connectivity index (χ0v) is 22.7. The maximum absolute atomic E-state index is 13.9. The van der Waals surface area contributed by atoms with Gasteiger partial charge in [0.25, 0.3) is 0 Å². The van der Waals surface area contributed by atoms with E-state index in [2.05, 4.69) is 50.0 Å². The maximum atomic E-state index is 13.9. The number of aryl methyl sites for hydroxylation is 2. The van der Waals surface area contributed by atoms with Gasteiger partial charge in [0.2, 0.25) is 11.7 Å². The first kappa shape index (κ1) is 30.1. The molecule has 0 fully saturated rings. The molecule has 0 spiro atoms. The predicted octanol–water partition coefficient (Wildman–Crippen LogP) is 8.07. The molecule has 0 bridgehead atoms. The van der Waals surface area contributed by atoms with E-state index in [1.807, 2.05) is 19.1 Å². The highest BCUT2D eigenvalue weighted by atomic mass is 19.4. The van der Waals surface area contributed by atoms with Gasteiger partial charge >= 0.3 is 6.18 Å². The number of rotatable bonds is 8. The van der Waals surface area contributed by atoms with Crippen molar-refractivity contribution in [2.24, 2.45) is 5.73 Å². The lowest BCUT2D eigenvalue weighted by Gasteiger charge is -2.19. The van der Waals surface area contributed by atoms with E-state index in [1.165, 1.54) is 18.6 Å². The van der Waals surface area contributed by atoms with Crippen LogP contribution in [0.2, 0.25) is 0 Å². The van der Waals surface area contributed by atoms with Crippen LogP contribution in [0.15, 0.2) is 47.0 Å². The molecule has 5 nitrogen and oxygen atoms in total. The lowest BCUT2D eigenvalue weighted by atomic mass is 9.86. The number of hydrogen-bond acceptors (Lipinski definition) is 4. The van der Waals surface area contributed by atoms with E-state index in [0.717, 1.165) is 30.9 Å². The molecule has 0 aliphatic rings. The van der Waals surface area contributed by atoms with Crippen LogP contribution in [0.5, 0.6) is 0 Å². The van der Waals surface area contributed by atoms with E-state index >= 15 is 0 Å². The summed E-state index contributed by atoms with van der Waals surface area (Å²) in [5, 5.41) is 10.2. The molecule has 0 aliphatic carbocycles. The molecule has 0 amide bonds. The smallest absolute Gasteiger partial charge is 0.388 e. The highest BCUT2D eigenvalue weighted by Gasteiger charge is 2.34. The Hall–Kier alpha value is -3.16. The SMILES string of the molecule is CC(=N)N.CCCC[C@H](C)c1nc(-c2ccc(CCc3ccc(C(C)(C)C)cc3)c(C(F)(F)F)c2)no1. The summed E-state index contributed by atoms with van der Waals surface area (Å²) in [6.45, 7) is 12.0. The second-order valence-corrected chi connectivity index (χ2v) is 10.5. The highest BCUT2D eigenvalue weighted by Crippen LogP contribution is 2.35. The van der Waals surface area contributed by atoms with Crippen molar-refractivity contribution >= 4 is 5.84 Å². The minimum Gasteiger partial charge on any atom is -0.388 e. The average molecular weight is 517 g/mol. The van der Waals surface area contributed by atoms with Crippen LogP contribution in [-0.4, -0.2) is 16.0 Å². The minimum absolute atomic E-state index is 0.0423. The molecular formula is C29H39F3N4O. The summed E-state index contributed by atoms with van der Waals surface area (Å²) in [6, 6.07) is 12.4. The van der Waals surface area contributed by atoms with Gasteiger partial charge in [0, 0.05) is 11.5 Å². The van der Waals surface area contributed by atoms with Crippen LogP contribution < -0.4 is 5.73 Å². The predicted molar refractivity (Wildman–Crippen MR) is 143 cm³/mol. The molecule has 202 valence electrons. The molecule has 3 N–H and O–H groups in total. The van der Waals surface area contributed by atoms with Gasteiger partial charge in [-0.1, -0.05) is 89.0 Å². The molecule has 1 atom stereocenters. The van der Waals surface area contributed by atoms with E-state index in [4.69, 9.17) is 15.7 Å². The Labute approximate surface area is 218 Å². The summed E-state index contributed by atoms with van der Waals surface area (Å²) < 4.78 is 46.9. The first-order chi connectivity index (χ1) is 17.2. The number of aromatic nitrogens is 2. The second kappa shape index (κ2) is 12.9. The molecule has 1 aromatic heterocycles. The molecule has 3 aromatic rings. The summed E-state index contributed by atoms with van der Waals surface area (Å²) >= 11 is 0. The number of nitrogens with one attached hydrogen (secondary N) is 1. The minimum atomic E-state index is -4.46. The number of unbranched alkanes of at least 4 members (excludes halogenated alkanes) is 1. The fourth-order valence-electron chi connectivity index (χ4n) is 3.83. The van der Waals surface area contributed by atoms with Crippen molar-refractivity contribution in [3.05, 3.63) is 70.6 Å². The molecular weight excluding hydrogens is 477 g/mol. The zero-order chi connectivity index (χ0) is 27.8. The summed E-state index contributed by atoms with van der Waals surface area (Å²) in [5.41, 5.74) is 6.90. The molecule has 0 saturated carbocycles. The van der Waals surface area contributed by atoms with Gasteiger partial charge in [-0.15, -0.1) is 0 Å². The highest BCUT2D eigenvalue weighted by molar-refractivity contribution is 5.73. The molecule has 0 saturated heterocycles. The summed E-state index contributed by atoms with van der Waals surface area (Å²) in [7, 11) is 0. The fraction of sp³-hybridized carbons (Fsp3) is 0.483. The van der Waals surface area contributed by atoms with Crippen LogP contribution in [-0.2, 0) is 24.4 Å². The summed E-state index contributed by atoms with van der Waals surface area (Å²) in [6.07, 6.45) is -0.624. The van der Waals surface area contributed by atoms with E-state index < -0.39 is 11.7 Å². The number of nitrogens with zero attached hydrogens (tertiary/aromatic N) is 2. The third-order valence-corrected chi connectivity index (χ3v) is 6.03. The Kier molecular flexibility index (Phi) is 10.5. The molecule has 0 unspecified atom stereocenters. The lowest BCUT2D eigenvalue weighted by Crippen LogP contribution is -2.11. The van der Waals surface area contributed by atoms with Gasteiger partial charge in [-0.2, -0.15) is 18.2 Å². The van der Waals surface area contributed by atoms with Crippen molar-refractivity contribution in [2.75, 3.05) is 0 Å². The lowest BCUT2D eigenvalue weighted by molar-refractivity contribution is -0.138. The first-order valence-corrected chi connectivity index (χ1v) is 12.7. The normalized spacial score (nSPS) is 12.6. The fourth-order valence-corrected chi connectivity index (χ4v) is 3.83. The Morgan fingerprint density at radius 2 is 1.68 bits per heavy atom. The largest absolute Gasteiger partial charge is 0.416 e. The van der Waals surface area contributed by atoms with Gasteiger partial charge in [-0.3, -0.25) is 5.41 Å². The van der Waals surface area contributed by atoms with E-state index in [1.54, 1.807) is 6.07 Å². The van der Waals surface area contributed by atoms with E-state index in [-0.39, 0.29) is 28.6 Å². The van der Waals surface area contributed by atoms with Crippen molar-refractivity contribution in [2.45, 2.75) is 91.2 Å². The van der Waals surface area contributed by atoms with Crippen molar-refractivity contribution in [1.29, 1.82) is 5.41 Å². The van der Waals surface area contributed by atoms with E-state index in [0.29, 0.717) is 24.3 Å². The van der Waals surface area contributed by atoms with Crippen LogP contribution in [0.3, 0.4) is 0 Å². The Morgan fingerprint density at radius 1 is 1.05 bits per heavy atom. The number of hydrogen-bond donors (Lipinski definition) is 2. The topological polar surface area (TPSA) is 88.8 Å². The standard InChI is InChI=1S/C27H33F3N2O.C2H6N2/c1-6-7-8-18(2)25-31-24(32-33-25)21-14-13-20(23(17-21)27(28,29)30)12-9-19-10-15-22(16-11-19)26(3,4)5;1-2(3)4/h10-11,13-18H,6-9,12H2,1-5H3;1H3,(H3,3,4)/t18-;/m0./s1. The second-order valence-electron chi connectivity index (χ2n) is 10.5. The Bertz CT molecular complexity index is 1140. The van der Waals surface area contributed by atoms with Crippen molar-refractivity contribution < 1.29 is 17.7 Å². The van der Waals surface area contributed by atoms with Crippen molar-refractivity contribution in [1.82, 2.24) is 10.1 Å². The number of alkyl halides is 3. The van der Waals surface area contributed by atoms with Crippen LogP contribution in [0, 0.1) is 5.41 Å². The van der Waals surface area contributed by atoms with Crippen molar-refractivity contribution in [3.8, 4) is 11.4 Å². The summed E-state index contributed by atoms with van der Waals surface area (Å²) in [5.74, 6) is 0.912. The Morgan fingerprint density at radius 3 is 2.22 bits per heavy atom. The van der Waals surface area contributed by atoms with Gasteiger partial charge in [0.15, 0.2) is 0 Å². The van der Waals surface area contributed by atoms with Crippen LogP contribution >= 0.6 is 0 Å². The van der Waals surface area contributed by atoms with E-state index in [9.17, 15) is 13.2 Å². The Balaban J connectivity index is 0.00000112. The van der Waals surface area contributed by atoms with Crippen molar-refractivity contribution in [3.63, 3.8) is 0 Å². The number of halogens is 3. The molecule has 0 radical (unpaired) electrons. The number of nitrogens with two attached hydrogens (primary N) is 1. The van der Waals surface area contributed by atoms with Gasteiger partial charge in [0.05, 0.1) is 11.4 Å².